The van der Waals surface area contributed by atoms with Gasteiger partial charge in [0.15, 0.2) is 0 Å². The molecule has 1 amide bonds. The molecule has 1 heterocycles. The molecule has 126 valence electrons. The molecule has 0 spiro atoms. The summed E-state index contributed by atoms with van der Waals surface area (Å²) in [6, 6.07) is 7.66. The largest absolute Gasteiger partial charge is 0.494 e. The molecule has 3 N–H and O–H groups in total. The number of ether oxygens (including phenoxy) is 1. The maximum Gasteiger partial charge on any atom is 0.494 e. The molecule has 1 aromatic carbocycles. The maximum absolute atomic E-state index is 11.4. The number of hydrogen-bond donors (Lipinski definition) is 2. The minimum absolute atomic E-state index is 0.208. The van der Waals surface area contributed by atoms with E-state index in [0.717, 1.165) is 11.0 Å². The topological polar surface area (TPSA) is 82.8 Å². The number of amides is 1. The third kappa shape index (κ3) is 4.25. The van der Waals surface area contributed by atoms with E-state index in [1.807, 2.05) is 52.0 Å². The first-order chi connectivity index (χ1) is 10.7. The Hall–Kier alpha value is -1.57. The van der Waals surface area contributed by atoms with Gasteiger partial charge in [-0.2, -0.15) is 0 Å². The van der Waals surface area contributed by atoms with E-state index in [0.29, 0.717) is 13.1 Å². The number of rotatable bonds is 5. The van der Waals surface area contributed by atoms with Crippen LogP contribution in [0.1, 0.15) is 33.3 Å². The van der Waals surface area contributed by atoms with E-state index < -0.39 is 6.09 Å². The van der Waals surface area contributed by atoms with E-state index in [9.17, 15) is 4.79 Å². The molecule has 1 aliphatic rings. The summed E-state index contributed by atoms with van der Waals surface area (Å²) in [4.78, 5) is 11.4. The number of carbonyl (C=O) groups excluding carboxylic acids is 1. The summed E-state index contributed by atoms with van der Waals surface area (Å²) in [7, 11) is -0.386. The van der Waals surface area contributed by atoms with Crippen LogP contribution in [-0.4, -0.2) is 37.5 Å². The Bertz CT molecular complexity index is 530. The minimum Gasteiger partial charge on any atom is -0.445 e. The van der Waals surface area contributed by atoms with Crippen LogP contribution in [0.2, 0.25) is 0 Å². The summed E-state index contributed by atoms with van der Waals surface area (Å²) in [5, 5.41) is 2.55. The molecule has 1 aromatic rings. The van der Waals surface area contributed by atoms with Gasteiger partial charge in [-0.1, -0.05) is 24.3 Å². The molecule has 0 aliphatic carbocycles. The van der Waals surface area contributed by atoms with Gasteiger partial charge in [-0.3, -0.25) is 0 Å². The Labute approximate surface area is 137 Å². The molecule has 7 heteroatoms. The second kappa shape index (κ2) is 6.90. The summed E-state index contributed by atoms with van der Waals surface area (Å²) in [5.74, 6) is 0. The fourth-order valence-electron chi connectivity index (χ4n) is 2.12. The van der Waals surface area contributed by atoms with E-state index in [1.54, 1.807) is 0 Å². The highest BCUT2D eigenvalue weighted by Crippen LogP contribution is 2.36. The van der Waals surface area contributed by atoms with Crippen molar-refractivity contribution in [3.05, 3.63) is 29.8 Å². The second-order valence-corrected chi connectivity index (χ2v) is 6.62. The predicted octanol–water partition coefficient (Wildman–Crippen LogP) is 1.17. The van der Waals surface area contributed by atoms with Crippen molar-refractivity contribution in [1.82, 2.24) is 5.32 Å². The first kappa shape index (κ1) is 17.8. The predicted molar refractivity (Wildman–Crippen MR) is 89.4 cm³/mol. The Kier molecular flexibility index (Phi) is 5.34. The number of nitrogens with one attached hydrogen (secondary N) is 1. The van der Waals surface area contributed by atoms with Crippen molar-refractivity contribution in [1.29, 1.82) is 0 Å². The van der Waals surface area contributed by atoms with E-state index >= 15 is 0 Å². The van der Waals surface area contributed by atoms with Crippen LogP contribution in [0.15, 0.2) is 24.3 Å². The molecular formula is C16H25BN2O4. The number of benzene rings is 1. The highest BCUT2D eigenvalue weighted by Gasteiger charge is 2.51. The Balaban J connectivity index is 1.92. The zero-order valence-corrected chi connectivity index (χ0v) is 14.2. The summed E-state index contributed by atoms with van der Waals surface area (Å²) in [5.41, 5.74) is 6.42. The Morgan fingerprint density at radius 2 is 1.74 bits per heavy atom. The molecule has 2 rings (SSSR count). The average Bonchev–Trinajstić information content (AvgIpc) is 2.72. The average molecular weight is 320 g/mol. The summed E-state index contributed by atoms with van der Waals surface area (Å²) in [6.45, 7) is 9.09. The van der Waals surface area contributed by atoms with E-state index in [1.165, 1.54) is 0 Å². The number of carbonyl (C=O) groups is 1. The highest BCUT2D eigenvalue weighted by molar-refractivity contribution is 6.62. The van der Waals surface area contributed by atoms with Crippen molar-refractivity contribution in [2.24, 2.45) is 5.73 Å². The molecule has 1 aliphatic heterocycles. The zero-order valence-electron chi connectivity index (χ0n) is 14.2. The van der Waals surface area contributed by atoms with Crippen molar-refractivity contribution < 1.29 is 18.8 Å². The molecule has 23 heavy (non-hydrogen) atoms. The summed E-state index contributed by atoms with van der Waals surface area (Å²) >= 11 is 0. The van der Waals surface area contributed by atoms with Crippen molar-refractivity contribution >= 4 is 18.7 Å². The van der Waals surface area contributed by atoms with Crippen molar-refractivity contribution in [3.63, 3.8) is 0 Å². The quantitative estimate of drug-likeness (QED) is 0.796. The lowest BCUT2D eigenvalue weighted by Crippen LogP contribution is -2.41. The maximum atomic E-state index is 11.4. The first-order valence-electron chi connectivity index (χ1n) is 7.80. The van der Waals surface area contributed by atoms with Crippen molar-refractivity contribution in [2.45, 2.75) is 45.5 Å². The standard InChI is InChI=1S/C16H25BN2O4/c1-15(2)16(3,4)23-17(22-15)13-7-5-12(6-8-13)11-21-14(20)19-10-9-18/h5-8H,9-11,18H2,1-4H3,(H,19,20). The molecule has 1 saturated heterocycles. The monoisotopic (exact) mass is 320 g/mol. The van der Waals surface area contributed by atoms with Crippen LogP contribution >= 0.6 is 0 Å². The third-order valence-corrected chi connectivity index (χ3v) is 4.29. The molecular weight excluding hydrogens is 295 g/mol. The normalized spacial score (nSPS) is 18.7. The second-order valence-electron chi connectivity index (χ2n) is 6.62. The lowest BCUT2D eigenvalue weighted by Gasteiger charge is -2.32. The van der Waals surface area contributed by atoms with E-state index in [4.69, 9.17) is 19.8 Å². The van der Waals surface area contributed by atoms with Gasteiger partial charge in [-0.05, 0) is 38.7 Å². The van der Waals surface area contributed by atoms with E-state index in [-0.39, 0.29) is 24.9 Å². The van der Waals surface area contributed by atoms with Gasteiger partial charge in [0.25, 0.3) is 0 Å². The van der Waals surface area contributed by atoms with Gasteiger partial charge in [0, 0.05) is 13.1 Å². The van der Waals surface area contributed by atoms with Gasteiger partial charge in [-0.15, -0.1) is 0 Å². The van der Waals surface area contributed by atoms with Gasteiger partial charge in [0.2, 0.25) is 0 Å². The first-order valence-corrected chi connectivity index (χ1v) is 7.80. The van der Waals surface area contributed by atoms with Crippen LogP contribution in [0.3, 0.4) is 0 Å². The molecule has 0 radical (unpaired) electrons. The smallest absolute Gasteiger partial charge is 0.445 e. The Morgan fingerprint density at radius 1 is 1.17 bits per heavy atom. The summed E-state index contributed by atoms with van der Waals surface area (Å²) < 4.78 is 17.1. The third-order valence-electron chi connectivity index (χ3n) is 4.29. The molecule has 0 saturated carbocycles. The van der Waals surface area contributed by atoms with Gasteiger partial charge < -0.3 is 25.1 Å². The van der Waals surface area contributed by atoms with Crippen LogP contribution in [0, 0.1) is 0 Å². The van der Waals surface area contributed by atoms with Crippen LogP contribution in [0.25, 0.3) is 0 Å². The van der Waals surface area contributed by atoms with Crippen LogP contribution in [-0.2, 0) is 20.7 Å². The molecule has 0 unspecified atom stereocenters. The molecule has 6 nitrogen and oxygen atoms in total. The minimum atomic E-state index is -0.467. The van der Waals surface area contributed by atoms with Gasteiger partial charge in [0.1, 0.15) is 6.61 Å². The molecule has 1 fully saturated rings. The molecule has 0 atom stereocenters. The SMILES string of the molecule is CC1(C)OB(c2ccc(COC(=O)NCCN)cc2)OC1(C)C. The molecule has 0 aromatic heterocycles. The van der Waals surface area contributed by atoms with Gasteiger partial charge in [-0.25, -0.2) is 4.79 Å². The van der Waals surface area contributed by atoms with Crippen molar-refractivity contribution in [2.75, 3.05) is 13.1 Å². The highest BCUT2D eigenvalue weighted by atomic mass is 16.7. The molecule has 0 bridgehead atoms. The fourth-order valence-corrected chi connectivity index (χ4v) is 2.12. The van der Waals surface area contributed by atoms with Crippen LogP contribution < -0.4 is 16.5 Å². The zero-order chi connectivity index (χ0) is 17.1. The summed E-state index contributed by atoms with van der Waals surface area (Å²) in [6.07, 6.45) is -0.467. The van der Waals surface area contributed by atoms with Crippen LogP contribution in [0.4, 0.5) is 4.79 Å². The van der Waals surface area contributed by atoms with Gasteiger partial charge >= 0.3 is 13.2 Å². The lowest BCUT2D eigenvalue weighted by molar-refractivity contribution is 0.00578. The Morgan fingerprint density at radius 3 is 2.26 bits per heavy atom. The van der Waals surface area contributed by atoms with Crippen molar-refractivity contribution in [3.8, 4) is 0 Å². The fraction of sp³-hybridized carbons (Fsp3) is 0.562. The van der Waals surface area contributed by atoms with E-state index in [2.05, 4.69) is 5.32 Å². The number of alkyl carbamates (subject to hydrolysis) is 1. The number of nitrogens with two attached hydrogens (primary N) is 1. The van der Waals surface area contributed by atoms with Gasteiger partial charge in [0.05, 0.1) is 11.2 Å². The lowest BCUT2D eigenvalue weighted by atomic mass is 9.79. The van der Waals surface area contributed by atoms with Crippen LogP contribution in [0.5, 0.6) is 0 Å². The number of hydrogen-bond acceptors (Lipinski definition) is 5.